The molecule has 1 aliphatic carbocycles. The van der Waals surface area contributed by atoms with Gasteiger partial charge in [0, 0.05) is 51.8 Å². The zero-order valence-corrected chi connectivity index (χ0v) is 24.3. The Morgan fingerprint density at radius 3 is 2.62 bits per heavy atom. The molecule has 6 rings (SSSR count). The Kier molecular flexibility index (Phi) is 6.08. The Labute approximate surface area is 236 Å². The first kappa shape index (κ1) is 25.7. The first-order valence-corrected chi connectivity index (χ1v) is 14.7. The standard InChI is InChI=1S/C30H30N6OS2/c1-16(2)38-29-34-33-28(39-29)36-23-13-30(3,4)14-24(37)26(23)25(20(15-31)27(36)32)17-10-11-22-19(12-17)18-8-6-7-9-21(18)35(22)5/h6-12,16,25H,13-14,32H2,1-5H3/t25-/m1/s1. The third-order valence-electron chi connectivity index (χ3n) is 7.58. The van der Waals surface area contributed by atoms with Crippen molar-refractivity contribution in [2.24, 2.45) is 18.2 Å². The van der Waals surface area contributed by atoms with Gasteiger partial charge < -0.3 is 10.3 Å². The number of hydrogen-bond acceptors (Lipinski definition) is 8. The molecule has 0 unspecified atom stereocenters. The molecule has 198 valence electrons. The largest absolute Gasteiger partial charge is 0.384 e. The van der Waals surface area contributed by atoms with Gasteiger partial charge in [-0.1, -0.05) is 75.1 Å². The fraction of sp³-hybridized carbons (Fsp3) is 0.333. The van der Waals surface area contributed by atoms with Crippen LogP contribution in [0.1, 0.15) is 52.0 Å². The summed E-state index contributed by atoms with van der Waals surface area (Å²) in [6.07, 6.45) is 1.06. The number of para-hydroxylation sites is 1. The van der Waals surface area contributed by atoms with Gasteiger partial charge in [-0.05, 0) is 35.6 Å². The maximum absolute atomic E-state index is 13.9. The van der Waals surface area contributed by atoms with Crippen molar-refractivity contribution < 1.29 is 4.79 Å². The van der Waals surface area contributed by atoms with Crippen LogP contribution in [0.2, 0.25) is 0 Å². The van der Waals surface area contributed by atoms with Crippen LogP contribution in [-0.4, -0.2) is 25.8 Å². The van der Waals surface area contributed by atoms with E-state index in [0.717, 1.165) is 37.4 Å². The molecule has 0 bridgehead atoms. The van der Waals surface area contributed by atoms with Crippen LogP contribution in [0, 0.1) is 16.7 Å². The van der Waals surface area contributed by atoms with Crippen LogP contribution in [0.3, 0.4) is 0 Å². The highest BCUT2D eigenvalue weighted by Gasteiger charge is 2.45. The van der Waals surface area contributed by atoms with Crippen LogP contribution in [0.4, 0.5) is 5.13 Å². The van der Waals surface area contributed by atoms with Crippen LogP contribution in [0.15, 0.2) is 69.5 Å². The lowest BCUT2D eigenvalue weighted by Gasteiger charge is -2.42. The Bertz CT molecular complexity index is 1770. The highest BCUT2D eigenvalue weighted by molar-refractivity contribution is 8.01. The normalized spacial score (nSPS) is 19.4. The number of nitriles is 1. The van der Waals surface area contributed by atoms with E-state index in [1.54, 1.807) is 11.8 Å². The number of rotatable bonds is 4. The molecule has 0 fully saturated rings. The molecular weight excluding hydrogens is 525 g/mol. The molecule has 1 atom stereocenters. The maximum atomic E-state index is 13.9. The molecule has 2 aromatic carbocycles. The summed E-state index contributed by atoms with van der Waals surface area (Å²) in [5.41, 5.74) is 11.5. The van der Waals surface area contributed by atoms with E-state index < -0.39 is 5.92 Å². The summed E-state index contributed by atoms with van der Waals surface area (Å²) < 4.78 is 3.01. The quantitative estimate of drug-likeness (QED) is 0.283. The summed E-state index contributed by atoms with van der Waals surface area (Å²) in [4.78, 5) is 15.7. The lowest BCUT2D eigenvalue weighted by molar-refractivity contribution is -0.118. The van der Waals surface area contributed by atoms with E-state index >= 15 is 0 Å². The lowest BCUT2D eigenvalue weighted by atomic mass is 9.68. The summed E-state index contributed by atoms with van der Waals surface area (Å²) >= 11 is 3.07. The molecule has 2 aliphatic rings. The molecule has 0 saturated heterocycles. The van der Waals surface area contributed by atoms with Crippen LogP contribution in [-0.2, 0) is 11.8 Å². The smallest absolute Gasteiger partial charge is 0.219 e. The number of aryl methyl sites for hydroxylation is 1. The number of nitrogens with two attached hydrogens (primary N) is 1. The van der Waals surface area contributed by atoms with Crippen LogP contribution < -0.4 is 10.6 Å². The van der Waals surface area contributed by atoms with Gasteiger partial charge in [-0.15, -0.1) is 10.2 Å². The fourth-order valence-corrected chi connectivity index (χ4v) is 8.07. The van der Waals surface area contributed by atoms with Crippen LogP contribution in [0.25, 0.3) is 21.8 Å². The molecule has 3 heterocycles. The number of hydrogen-bond donors (Lipinski definition) is 1. The molecule has 0 spiro atoms. The minimum Gasteiger partial charge on any atom is -0.384 e. The molecule has 0 radical (unpaired) electrons. The van der Waals surface area contributed by atoms with Gasteiger partial charge in [-0.3, -0.25) is 9.69 Å². The number of Topliss-reactive ketones (excluding diaryl/α,β-unsaturated/α-hetero) is 1. The molecular formula is C30H30N6OS2. The molecule has 9 heteroatoms. The minimum atomic E-state index is -0.536. The average Bonchev–Trinajstić information content (AvgIpc) is 3.44. The van der Waals surface area contributed by atoms with Gasteiger partial charge >= 0.3 is 0 Å². The third-order valence-corrected chi connectivity index (χ3v) is 9.57. The first-order chi connectivity index (χ1) is 18.6. The number of nitrogens with zero attached hydrogens (tertiary/aromatic N) is 5. The Morgan fingerprint density at radius 2 is 1.87 bits per heavy atom. The van der Waals surface area contributed by atoms with Gasteiger partial charge in [0.2, 0.25) is 5.13 Å². The van der Waals surface area contributed by atoms with Crippen molar-refractivity contribution in [3.05, 3.63) is 70.7 Å². The van der Waals surface area contributed by atoms with Crippen LogP contribution in [0.5, 0.6) is 0 Å². The van der Waals surface area contributed by atoms with E-state index in [0.29, 0.717) is 40.2 Å². The van der Waals surface area contributed by atoms with Crippen LogP contribution >= 0.6 is 23.1 Å². The molecule has 39 heavy (non-hydrogen) atoms. The zero-order chi connectivity index (χ0) is 27.6. The van der Waals surface area contributed by atoms with E-state index in [2.05, 4.69) is 79.8 Å². The van der Waals surface area contributed by atoms with Crippen molar-refractivity contribution >= 4 is 55.8 Å². The third kappa shape index (κ3) is 4.14. The molecule has 2 aromatic heterocycles. The summed E-state index contributed by atoms with van der Waals surface area (Å²) in [6.45, 7) is 8.41. The van der Waals surface area contributed by atoms with Gasteiger partial charge in [0.1, 0.15) is 5.82 Å². The second-order valence-corrected chi connectivity index (χ2v) is 14.1. The summed E-state index contributed by atoms with van der Waals surface area (Å²) in [5, 5.41) is 22.5. The number of carbonyl (C=O) groups is 1. The molecule has 1 aliphatic heterocycles. The second kappa shape index (κ2) is 9.25. The number of fused-ring (bicyclic) bond motifs is 3. The maximum Gasteiger partial charge on any atom is 0.219 e. The van der Waals surface area contributed by atoms with Gasteiger partial charge in [0.05, 0.1) is 17.6 Å². The predicted molar refractivity (Wildman–Crippen MR) is 158 cm³/mol. The van der Waals surface area contributed by atoms with E-state index in [9.17, 15) is 10.1 Å². The Morgan fingerprint density at radius 1 is 1.13 bits per heavy atom. The number of anilines is 1. The highest BCUT2D eigenvalue weighted by Crippen LogP contribution is 2.51. The monoisotopic (exact) mass is 554 g/mol. The van der Waals surface area contributed by atoms with Crippen molar-refractivity contribution in [2.45, 2.75) is 56.0 Å². The van der Waals surface area contributed by atoms with Gasteiger partial charge in [0.15, 0.2) is 10.1 Å². The van der Waals surface area contributed by atoms with Gasteiger partial charge in [0.25, 0.3) is 0 Å². The van der Waals surface area contributed by atoms with Crippen molar-refractivity contribution in [2.75, 3.05) is 4.90 Å². The zero-order valence-electron chi connectivity index (χ0n) is 22.6. The van der Waals surface area contributed by atoms with E-state index in [4.69, 9.17) is 5.73 Å². The van der Waals surface area contributed by atoms with Gasteiger partial charge in [-0.25, -0.2) is 0 Å². The minimum absolute atomic E-state index is 0.0517. The molecule has 7 nitrogen and oxygen atoms in total. The first-order valence-electron chi connectivity index (χ1n) is 13.0. The lowest BCUT2D eigenvalue weighted by Crippen LogP contribution is -2.42. The van der Waals surface area contributed by atoms with E-state index in [1.807, 2.05) is 23.1 Å². The van der Waals surface area contributed by atoms with Crippen molar-refractivity contribution in [3.8, 4) is 6.07 Å². The molecule has 2 N–H and O–H groups in total. The molecule has 0 saturated carbocycles. The summed E-state index contributed by atoms with van der Waals surface area (Å²) in [5.74, 6) is -0.163. The second-order valence-electron chi connectivity index (χ2n) is 11.4. The molecule has 0 amide bonds. The van der Waals surface area contributed by atoms with E-state index in [-0.39, 0.29) is 11.2 Å². The summed E-state index contributed by atoms with van der Waals surface area (Å²) in [6, 6.07) is 16.9. The SMILES string of the molecule is CC(C)Sc1nnc(N2C(N)=C(C#N)[C@@H](c3ccc4c(c3)c3ccccc3n4C)C3=C2CC(C)(C)CC3=O)s1. The highest BCUT2D eigenvalue weighted by atomic mass is 32.2. The number of allylic oxidation sites excluding steroid dienone is 3. The average molecular weight is 555 g/mol. The predicted octanol–water partition coefficient (Wildman–Crippen LogP) is 6.62. The summed E-state index contributed by atoms with van der Waals surface area (Å²) in [7, 11) is 2.06. The molecule has 4 aromatic rings. The topological polar surface area (TPSA) is 101 Å². The number of ketones is 1. The van der Waals surface area contributed by atoms with Gasteiger partial charge in [-0.2, -0.15) is 5.26 Å². The van der Waals surface area contributed by atoms with E-state index in [1.165, 1.54) is 11.3 Å². The number of thioether (sulfide) groups is 1. The number of aromatic nitrogens is 3. The van der Waals surface area contributed by atoms with Crippen molar-refractivity contribution in [1.82, 2.24) is 14.8 Å². The Hall–Kier alpha value is -3.61. The van der Waals surface area contributed by atoms with Crippen molar-refractivity contribution in [3.63, 3.8) is 0 Å². The van der Waals surface area contributed by atoms with Crippen molar-refractivity contribution in [1.29, 1.82) is 5.26 Å². The number of carbonyl (C=O) groups excluding carboxylic acids is 1. The fourth-order valence-electron chi connectivity index (χ4n) is 5.97. The Balaban J connectivity index is 1.58. The number of benzene rings is 2.